The number of para-hydroxylation sites is 1. The van der Waals surface area contributed by atoms with Crippen LogP contribution in [0, 0.1) is 0 Å². The Hall–Kier alpha value is -2.29. The number of benzene rings is 2. The van der Waals surface area contributed by atoms with Crippen molar-refractivity contribution >= 4 is 5.91 Å². The summed E-state index contributed by atoms with van der Waals surface area (Å²) in [4.78, 5) is 14.2. The van der Waals surface area contributed by atoms with Gasteiger partial charge < -0.3 is 9.64 Å². The summed E-state index contributed by atoms with van der Waals surface area (Å²) in [5, 5.41) is 0. The third kappa shape index (κ3) is 5.12. The fourth-order valence-electron chi connectivity index (χ4n) is 2.46. The molecule has 0 radical (unpaired) electrons. The molecule has 3 heteroatoms. The summed E-state index contributed by atoms with van der Waals surface area (Å²) in [6.07, 6.45) is 0. The fraction of sp³-hybridized carbons (Fsp3) is 0.381. The number of nitrogens with zero attached hydrogens (tertiary/aromatic N) is 1. The molecular weight excluding hydrogens is 298 g/mol. The zero-order valence-corrected chi connectivity index (χ0v) is 15.1. The van der Waals surface area contributed by atoms with Gasteiger partial charge in [0.15, 0.2) is 6.61 Å². The van der Waals surface area contributed by atoms with Gasteiger partial charge in [-0.3, -0.25) is 4.79 Å². The van der Waals surface area contributed by atoms with Crippen molar-refractivity contribution in [2.75, 3.05) is 13.2 Å². The van der Waals surface area contributed by atoms with Gasteiger partial charge in [0.2, 0.25) is 0 Å². The molecule has 0 atom stereocenters. The largest absolute Gasteiger partial charge is 0.484 e. The van der Waals surface area contributed by atoms with Gasteiger partial charge in [-0.05, 0) is 35.6 Å². The Morgan fingerprint density at radius 2 is 1.62 bits per heavy atom. The zero-order chi connectivity index (χ0) is 17.6. The van der Waals surface area contributed by atoms with Gasteiger partial charge >= 0.3 is 0 Å². The predicted molar refractivity (Wildman–Crippen MR) is 98.2 cm³/mol. The third-order valence-corrected chi connectivity index (χ3v) is 4.03. The van der Waals surface area contributed by atoms with Crippen molar-refractivity contribution in [1.82, 2.24) is 4.90 Å². The summed E-state index contributed by atoms with van der Waals surface area (Å²) in [7, 11) is 0. The molecule has 2 rings (SSSR count). The summed E-state index contributed by atoms with van der Waals surface area (Å²) in [5.74, 6) is 0.720. The van der Waals surface area contributed by atoms with E-state index in [0.29, 0.717) is 13.1 Å². The molecule has 0 saturated heterocycles. The zero-order valence-electron chi connectivity index (χ0n) is 15.1. The van der Waals surface area contributed by atoms with E-state index >= 15 is 0 Å². The molecule has 0 saturated carbocycles. The minimum atomic E-state index is 0.00116. The van der Waals surface area contributed by atoms with E-state index in [9.17, 15) is 4.79 Å². The fourth-order valence-corrected chi connectivity index (χ4v) is 2.46. The van der Waals surface area contributed by atoms with Crippen LogP contribution in [-0.2, 0) is 16.8 Å². The Morgan fingerprint density at radius 1 is 1.00 bits per heavy atom. The van der Waals surface area contributed by atoms with Crippen molar-refractivity contribution in [3.63, 3.8) is 0 Å². The molecule has 0 heterocycles. The van der Waals surface area contributed by atoms with E-state index in [1.807, 2.05) is 42.2 Å². The highest BCUT2D eigenvalue weighted by Crippen LogP contribution is 2.22. The highest BCUT2D eigenvalue weighted by atomic mass is 16.5. The van der Waals surface area contributed by atoms with Crippen LogP contribution in [0.1, 0.15) is 38.8 Å². The molecule has 0 fully saturated rings. The van der Waals surface area contributed by atoms with Gasteiger partial charge in [0.1, 0.15) is 5.75 Å². The second kappa shape index (κ2) is 8.00. The van der Waals surface area contributed by atoms with E-state index in [1.54, 1.807) is 0 Å². The van der Waals surface area contributed by atoms with Crippen molar-refractivity contribution < 1.29 is 9.53 Å². The molecule has 0 aromatic heterocycles. The molecule has 0 bridgehead atoms. The van der Waals surface area contributed by atoms with Gasteiger partial charge in [-0.25, -0.2) is 0 Å². The van der Waals surface area contributed by atoms with Crippen LogP contribution in [0.15, 0.2) is 54.6 Å². The van der Waals surface area contributed by atoms with E-state index in [4.69, 9.17) is 4.74 Å². The minimum Gasteiger partial charge on any atom is -0.484 e. The Kier molecular flexibility index (Phi) is 6.02. The van der Waals surface area contributed by atoms with E-state index in [0.717, 1.165) is 11.3 Å². The first kappa shape index (κ1) is 18.1. The Balaban J connectivity index is 1.94. The first-order chi connectivity index (χ1) is 11.4. The first-order valence-corrected chi connectivity index (χ1v) is 8.45. The number of carbonyl (C=O) groups is 1. The smallest absolute Gasteiger partial charge is 0.260 e. The molecule has 0 unspecified atom stereocenters. The van der Waals surface area contributed by atoms with Crippen LogP contribution in [0.25, 0.3) is 0 Å². The van der Waals surface area contributed by atoms with Crippen molar-refractivity contribution in [1.29, 1.82) is 0 Å². The number of ether oxygens (including phenoxy) is 1. The second-order valence-corrected chi connectivity index (χ2v) is 6.96. The number of amides is 1. The lowest BCUT2D eigenvalue weighted by Crippen LogP contribution is -2.34. The topological polar surface area (TPSA) is 29.5 Å². The molecule has 0 aliphatic carbocycles. The first-order valence-electron chi connectivity index (χ1n) is 8.45. The number of rotatable bonds is 6. The predicted octanol–water partition coefficient (Wildman–Crippen LogP) is 4.41. The highest BCUT2D eigenvalue weighted by Gasteiger charge is 2.15. The van der Waals surface area contributed by atoms with Gasteiger partial charge in [-0.1, -0.05) is 63.2 Å². The van der Waals surface area contributed by atoms with Gasteiger partial charge in [0.05, 0.1) is 0 Å². The standard InChI is InChI=1S/C21H27NO2/c1-5-22(20(23)16-24-19-9-7-6-8-10-19)15-17-11-13-18(14-12-17)21(2,3)4/h6-14H,5,15-16H2,1-4H3. The van der Waals surface area contributed by atoms with Gasteiger partial charge in [0, 0.05) is 13.1 Å². The SMILES string of the molecule is CCN(Cc1ccc(C(C)(C)C)cc1)C(=O)COc1ccccc1. The summed E-state index contributed by atoms with van der Waals surface area (Å²) in [6, 6.07) is 17.9. The number of carbonyl (C=O) groups excluding carboxylic acids is 1. The summed E-state index contributed by atoms with van der Waals surface area (Å²) in [5.41, 5.74) is 2.58. The van der Waals surface area contributed by atoms with Gasteiger partial charge in [0.25, 0.3) is 5.91 Å². The maximum atomic E-state index is 12.4. The van der Waals surface area contributed by atoms with Crippen LogP contribution in [0.2, 0.25) is 0 Å². The molecule has 2 aromatic carbocycles. The molecule has 3 nitrogen and oxygen atoms in total. The van der Waals surface area contributed by atoms with Crippen LogP contribution >= 0.6 is 0 Å². The summed E-state index contributed by atoms with van der Waals surface area (Å²) >= 11 is 0. The number of likely N-dealkylation sites (N-methyl/N-ethyl adjacent to an activating group) is 1. The maximum Gasteiger partial charge on any atom is 0.260 e. The Bertz CT molecular complexity index is 642. The second-order valence-electron chi connectivity index (χ2n) is 6.96. The molecule has 24 heavy (non-hydrogen) atoms. The lowest BCUT2D eigenvalue weighted by Gasteiger charge is -2.23. The van der Waals surface area contributed by atoms with Gasteiger partial charge in [-0.2, -0.15) is 0 Å². The third-order valence-electron chi connectivity index (χ3n) is 4.03. The Labute approximate surface area is 145 Å². The van der Waals surface area contributed by atoms with Crippen LogP contribution in [0.5, 0.6) is 5.75 Å². The molecule has 2 aromatic rings. The quantitative estimate of drug-likeness (QED) is 0.787. The lowest BCUT2D eigenvalue weighted by molar-refractivity contribution is -0.133. The molecule has 0 aliphatic heterocycles. The van der Waals surface area contributed by atoms with Crippen LogP contribution in [0.4, 0.5) is 0 Å². The lowest BCUT2D eigenvalue weighted by atomic mass is 9.87. The van der Waals surface area contributed by atoms with E-state index in [-0.39, 0.29) is 17.9 Å². The average molecular weight is 325 g/mol. The molecule has 0 N–H and O–H groups in total. The maximum absolute atomic E-state index is 12.4. The normalized spacial score (nSPS) is 11.2. The van der Waals surface area contributed by atoms with Crippen LogP contribution < -0.4 is 4.74 Å². The minimum absolute atomic E-state index is 0.00116. The van der Waals surface area contributed by atoms with Crippen molar-refractivity contribution in [2.45, 2.75) is 39.7 Å². The number of hydrogen-bond acceptors (Lipinski definition) is 2. The monoisotopic (exact) mass is 325 g/mol. The summed E-state index contributed by atoms with van der Waals surface area (Å²) < 4.78 is 5.56. The van der Waals surface area contributed by atoms with Crippen LogP contribution in [-0.4, -0.2) is 24.0 Å². The average Bonchev–Trinajstić information content (AvgIpc) is 2.58. The van der Waals surface area contributed by atoms with Crippen LogP contribution in [0.3, 0.4) is 0 Å². The van der Waals surface area contributed by atoms with Crippen molar-refractivity contribution in [3.05, 3.63) is 65.7 Å². The van der Waals surface area contributed by atoms with Crippen molar-refractivity contribution in [2.24, 2.45) is 0 Å². The van der Waals surface area contributed by atoms with Gasteiger partial charge in [-0.15, -0.1) is 0 Å². The number of hydrogen-bond donors (Lipinski definition) is 0. The molecule has 0 spiro atoms. The van der Waals surface area contributed by atoms with E-state index in [2.05, 4.69) is 45.0 Å². The summed E-state index contributed by atoms with van der Waals surface area (Å²) in [6.45, 7) is 9.93. The van der Waals surface area contributed by atoms with E-state index in [1.165, 1.54) is 5.56 Å². The van der Waals surface area contributed by atoms with E-state index < -0.39 is 0 Å². The molecule has 0 aliphatic rings. The Morgan fingerprint density at radius 3 is 2.17 bits per heavy atom. The molecule has 128 valence electrons. The molecule has 1 amide bonds. The highest BCUT2D eigenvalue weighted by molar-refractivity contribution is 5.77. The molecular formula is C21H27NO2. The van der Waals surface area contributed by atoms with Crippen molar-refractivity contribution in [3.8, 4) is 5.75 Å².